The van der Waals surface area contributed by atoms with Crippen LogP contribution >= 0.6 is 7.82 Å². The van der Waals surface area contributed by atoms with Crippen molar-refractivity contribution in [3.8, 4) is 0 Å². The predicted octanol–water partition coefficient (Wildman–Crippen LogP) is 9.02. The Labute approximate surface area is 217 Å². The molecule has 0 aliphatic heterocycles. The molecular formula is C26H53O7PS. The SMILES string of the molecule is CCCCCCCCCCCCS(=O)C(CCCCCCC)C(C)OP(=O)(OCCC)OC(=O)O. The van der Waals surface area contributed by atoms with Gasteiger partial charge in [-0.25, -0.2) is 9.36 Å². The summed E-state index contributed by atoms with van der Waals surface area (Å²) in [4.78, 5) is 11.0. The second kappa shape index (κ2) is 22.7. The lowest BCUT2D eigenvalue weighted by molar-refractivity contribution is 0.0760. The number of rotatable bonds is 25. The highest BCUT2D eigenvalue weighted by Gasteiger charge is 2.37. The molecule has 0 heterocycles. The maximum Gasteiger partial charge on any atom is 0.534 e. The summed E-state index contributed by atoms with van der Waals surface area (Å²) in [6.07, 6.45) is 16.4. The second-order valence-corrected chi connectivity index (χ2v) is 12.8. The molecule has 7 nitrogen and oxygen atoms in total. The summed E-state index contributed by atoms with van der Waals surface area (Å²) in [6, 6.07) is 0. The summed E-state index contributed by atoms with van der Waals surface area (Å²) in [5, 5.41) is 8.64. The van der Waals surface area contributed by atoms with Crippen LogP contribution in [0.2, 0.25) is 0 Å². The Bertz CT molecular complexity index is 588. The van der Waals surface area contributed by atoms with E-state index in [9.17, 15) is 13.6 Å². The Hall–Kier alpha value is -0.430. The molecule has 0 amide bonds. The van der Waals surface area contributed by atoms with E-state index in [4.69, 9.17) is 14.2 Å². The van der Waals surface area contributed by atoms with Gasteiger partial charge in [-0.1, -0.05) is 111 Å². The van der Waals surface area contributed by atoms with Crippen molar-refractivity contribution in [1.29, 1.82) is 0 Å². The first-order chi connectivity index (χ1) is 16.8. The van der Waals surface area contributed by atoms with Crippen LogP contribution in [0.3, 0.4) is 0 Å². The molecule has 1 N–H and O–H groups in total. The van der Waals surface area contributed by atoms with Crippen LogP contribution in [-0.4, -0.2) is 39.2 Å². The summed E-state index contributed by atoms with van der Waals surface area (Å²) >= 11 is 0. The molecule has 0 aromatic carbocycles. The highest BCUT2D eigenvalue weighted by atomic mass is 32.2. The Morgan fingerprint density at radius 1 is 0.800 bits per heavy atom. The van der Waals surface area contributed by atoms with Crippen molar-refractivity contribution in [2.24, 2.45) is 0 Å². The molecule has 0 saturated carbocycles. The fraction of sp³-hybridized carbons (Fsp3) is 0.962. The zero-order chi connectivity index (χ0) is 26.4. The summed E-state index contributed by atoms with van der Waals surface area (Å²) in [6.45, 7) is 7.96. The molecule has 9 heteroatoms. The standard InChI is InChI=1S/C26H53O7PS/c1-5-8-10-12-13-14-15-16-18-20-23-35(30)25(21-19-17-11-9-6-2)24(4)32-34(29,31-22-7-3)33-26(27)28/h24-25H,5-23H2,1-4H3,(H,27,28). The summed E-state index contributed by atoms with van der Waals surface area (Å²) in [5.74, 6) is 0.573. The lowest BCUT2D eigenvalue weighted by Gasteiger charge is -2.26. The minimum atomic E-state index is -4.28. The van der Waals surface area contributed by atoms with E-state index in [1.54, 1.807) is 6.92 Å². The van der Waals surface area contributed by atoms with Crippen LogP contribution in [0.15, 0.2) is 0 Å². The Morgan fingerprint density at radius 2 is 1.29 bits per heavy atom. The third-order valence-electron chi connectivity index (χ3n) is 6.09. The number of phosphoric acid groups is 1. The smallest absolute Gasteiger partial charge is 0.449 e. The lowest BCUT2D eigenvalue weighted by Crippen LogP contribution is -2.32. The van der Waals surface area contributed by atoms with Crippen molar-refractivity contribution in [3.05, 3.63) is 0 Å². The maximum atomic E-state index is 13.2. The van der Waals surface area contributed by atoms with E-state index in [-0.39, 0.29) is 11.9 Å². The van der Waals surface area contributed by atoms with E-state index >= 15 is 0 Å². The van der Waals surface area contributed by atoms with Gasteiger partial charge in [-0.2, -0.15) is 0 Å². The summed E-state index contributed by atoms with van der Waals surface area (Å²) in [7, 11) is -5.45. The van der Waals surface area contributed by atoms with Gasteiger partial charge in [-0.15, -0.1) is 0 Å². The molecule has 0 aliphatic carbocycles. The highest BCUT2D eigenvalue weighted by molar-refractivity contribution is 7.85. The van der Waals surface area contributed by atoms with E-state index in [1.807, 2.05) is 6.92 Å². The monoisotopic (exact) mass is 540 g/mol. The molecule has 0 radical (unpaired) electrons. The third-order valence-corrected chi connectivity index (χ3v) is 9.55. The quantitative estimate of drug-likeness (QED) is 0.0910. The Morgan fingerprint density at radius 3 is 1.77 bits per heavy atom. The summed E-state index contributed by atoms with van der Waals surface area (Å²) in [5.41, 5.74) is 0. The second-order valence-electron chi connectivity index (χ2n) is 9.46. The van der Waals surface area contributed by atoms with Crippen molar-refractivity contribution in [1.82, 2.24) is 0 Å². The van der Waals surface area contributed by atoms with E-state index < -0.39 is 30.9 Å². The largest absolute Gasteiger partial charge is 0.534 e. The molecule has 0 aromatic heterocycles. The van der Waals surface area contributed by atoms with E-state index in [2.05, 4.69) is 18.4 Å². The normalized spacial score (nSPS) is 15.9. The average Bonchev–Trinajstić information content (AvgIpc) is 2.80. The van der Waals surface area contributed by atoms with E-state index in [0.717, 1.165) is 44.9 Å². The molecule has 210 valence electrons. The van der Waals surface area contributed by atoms with Crippen molar-refractivity contribution in [3.63, 3.8) is 0 Å². The van der Waals surface area contributed by atoms with Crippen LogP contribution < -0.4 is 0 Å². The predicted molar refractivity (Wildman–Crippen MR) is 146 cm³/mol. The first kappa shape index (κ1) is 34.6. The van der Waals surface area contributed by atoms with Gasteiger partial charge in [-0.3, -0.25) is 13.3 Å². The molecule has 4 atom stereocenters. The first-order valence-corrected chi connectivity index (χ1v) is 16.9. The number of carboxylic acid groups (broad SMARTS) is 1. The average molecular weight is 541 g/mol. The van der Waals surface area contributed by atoms with Gasteiger partial charge in [0.25, 0.3) is 0 Å². The van der Waals surface area contributed by atoms with Crippen LogP contribution in [0.5, 0.6) is 0 Å². The third kappa shape index (κ3) is 19.4. The summed E-state index contributed by atoms with van der Waals surface area (Å²) < 4.78 is 41.2. The van der Waals surface area contributed by atoms with Gasteiger partial charge in [0.2, 0.25) is 0 Å². The molecule has 35 heavy (non-hydrogen) atoms. The van der Waals surface area contributed by atoms with Crippen molar-refractivity contribution >= 4 is 24.8 Å². The zero-order valence-electron chi connectivity index (χ0n) is 22.8. The van der Waals surface area contributed by atoms with E-state index in [1.165, 1.54) is 51.4 Å². The fourth-order valence-corrected chi connectivity index (χ4v) is 7.16. The molecule has 4 unspecified atom stereocenters. The van der Waals surface area contributed by atoms with Gasteiger partial charge in [0.05, 0.1) is 18.0 Å². The van der Waals surface area contributed by atoms with Crippen LogP contribution in [0, 0.1) is 0 Å². The van der Waals surface area contributed by atoms with Gasteiger partial charge >= 0.3 is 14.0 Å². The number of hydrogen-bond donors (Lipinski definition) is 1. The minimum absolute atomic E-state index is 0.0562. The van der Waals surface area contributed by atoms with Gasteiger partial charge in [-0.05, 0) is 26.2 Å². The van der Waals surface area contributed by atoms with E-state index in [0.29, 0.717) is 18.6 Å². The first-order valence-electron chi connectivity index (χ1n) is 14.0. The number of phosphoric ester groups is 1. The van der Waals surface area contributed by atoms with Gasteiger partial charge in [0.15, 0.2) is 0 Å². The maximum absolute atomic E-state index is 13.2. The number of unbranched alkanes of at least 4 members (excludes halogenated alkanes) is 13. The highest BCUT2D eigenvalue weighted by Crippen LogP contribution is 2.51. The lowest BCUT2D eigenvalue weighted by atomic mass is 10.1. The molecule has 0 spiro atoms. The number of hydrogen-bond acceptors (Lipinski definition) is 6. The van der Waals surface area contributed by atoms with Crippen LogP contribution in [0.4, 0.5) is 4.79 Å². The van der Waals surface area contributed by atoms with Gasteiger partial charge in [0, 0.05) is 16.6 Å². The fourth-order valence-electron chi connectivity index (χ4n) is 4.06. The minimum Gasteiger partial charge on any atom is -0.449 e. The Kier molecular flexibility index (Phi) is 22.5. The molecule has 0 rings (SSSR count). The van der Waals surface area contributed by atoms with Crippen LogP contribution in [0.25, 0.3) is 0 Å². The number of carbonyl (C=O) groups is 1. The molecule has 0 fully saturated rings. The molecule has 0 saturated heterocycles. The topological polar surface area (TPSA) is 99.1 Å². The van der Waals surface area contributed by atoms with Crippen molar-refractivity contribution in [2.75, 3.05) is 12.4 Å². The van der Waals surface area contributed by atoms with Crippen molar-refractivity contribution in [2.45, 2.75) is 148 Å². The van der Waals surface area contributed by atoms with Gasteiger partial charge in [0.1, 0.15) is 0 Å². The van der Waals surface area contributed by atoms with Crippen LogP contribution in [0.1, 0.15) is 137 Å². The molecular weight excluding hydrogens is 487 g/mol. The zero-order valence-corrected chi connectivity index (χ0v) is 24.6. The van der Waals surface area contributed by atoms with Crippen LogP contribution in [-0.2, 0) is 28.9 Å². The van der Waals surface area contributed by atoms with Gasteiger partial charge < -0.3 is 9.63 Å². The Balaban J connectivity index is 4.74. The molecule has 0 bridgehead atoms. The van der Waals surface area contributed by atoms with Crippen molar-refractivity contribution < 1.29 is 32.2 Å². The molecule has 0 aliphatic rings. The molecule has 0 aromatic rings.